The first kappa shape index (κ1) is 9.56. The average molecular weight is 214 g/mol. The fraction of sp³-hybridized carbons (Fsp3) is 0.600. The Morgan fingerprint density at radius 1 is 1.62 bits per heavy atom. The molecule has 0 aromatic carbocycles. The first-order chi connectivity index (χ1) is 6.19. The van der Waals surface area contributed by atoms with Crippen LogP contribution in [0.15, 0.2) is 11.4 Å². The fourth-order valence-electron chi connectivity index (χ4n) is 1.62. The van der Waals surface area contributed by atoms with Gasteiger partial charge in [0.25, 0.3) is 0 Å². The molecular weight excluding hydrogens is 200 g/mol. The molecule has 1 unspecified atom stereocenters. The van der Waals surface area contributed by atoms with Crippen molar-refractivity contribution in [2.45, 2.75) is 30.6 Å². The molecule has 72 valence electrons. The van der Waals surface area contributed by atoms with Gasteiger partial charge in [-0.2, -0.15) is 11.8 Å². The van der Waals surface area contributed by atoms with Crippen LogP contribution < -0.4 is 0 Å². The number of aliphatic hydroxyl groups excluding tert-OH is 1. The molecule has 0 spiro atoms. The van der Waals surface area contributed by atoms with Crippen LogP contribution in [-0.4, -0.2) is 16.1 Å². The molecule has 0 radical (unpaired) electrons. The van der Waals surface area contributed by atoms with Gasteiger partial charge >= 0.3 is 0 Å². The zero-order chi connectivity index (χ0) is 9.47. The minimum Gasteiger partial charge on any atom is -0.386 e. The van der Waals surface area contributed by atoms with Crippen molar-refractivity contribution in [1.29, 1.82) is 0 Å². The van der Waals surface area contributed by atoms with Gasteiger partial charge in [0.15, 0.2) is 0 Å². The van der Waals surface area contributed by atoms with Crippen LogP contribution in [0.4, 0.5) is 0 Å². The van der Waals surface area contributed by atoms with Crippen LogP contribution in [-0.2, 0) is 0 Å². The number of aliphatic hydroxyl groups is 1. The zero-order valence-corrected chi connectivity index (χ0v) is 9.54. The molecule has 0 saturated heterocycles. The number of rotatable bonds is 3. The van der Waals surface area contributed by atoms with E-state index in [0.717, 1.165) is 17.7 Å². The molecule has 1 saturated carbocycles. The Hall–Kier alpha value is 0.0100. The number of hydrogen-bond donors (Lipinski definition) is 1. The molecule has 1 aromatic heterocycles. The summed E-state index contributed by atoms with van der Waals surface area (Å²) < 4.78 is 0.148. The second-order valence-corrected chi connectivity index (χ2v) is 5.81. The molecule has 13 heavy (non-hydrogen) atoms. The van der Waals surface area contributed by atoms with Crippen molar-refractivity contribution in [3.05, 3.63) is 21.9 Å². The van der Waals surface area contributed by atoms with Crippen LogP contribution >= 0.6 is 23.1 Å². The molecule has 0 bridgehead atoms. The Morgan fingerprint density at radius 2 is 2.31 bits per heavy atom. The lowest BCUT2D eigenvalue weighted by molar-refractivity contribution is 0.170. The van der Waals surface area contributed by atoms with Crippen molar-refractivity contribution >= 4 is 23.1 Å². The quantitative estimate of drug-likeness (QED) is 0.834. The summed E-state index contributed by atoms with van der Waals surface area (Å²) in [4.78, 5) is 1.16. The topological polar surface area (TPSA) is 20.2 Å². The highest BCUT2D eigenvalue weighted by atomic mass is 32.2. The standard InChI is InChI=1S/C10H14OS2/c1-7-3-6-13-8(7)9(11)10(12-2)4-5-10/h3,6,9,11H,4-5H2,1-2H3. The monoisotopic (exact) mass is 214 g/mol. The third-order valence-electron chi connectivity index (χ3n) is 2.80. The molecular formula is C10H14OS2. The van der Waals surface area contributed by atoms with Crippen LogP contribution in [0, 0.1) is 6.92 Å². The highest BCUT2D eigenvalue weighted by Crippen LogP contribution is 2.56. The van der Waals surface area contributed by atoms with Gasteiger partial charge in [0.2, 0.25) is 0 Å². The van der Waals surface area contributed by atoms with Crippen LogP contribution in [0.2, 0.25) is 0 Å². The van der Waals surface area contributed by atoms with E-state index < -0.39 is 0 Å². The lowest BCUT2D eigenvalue weighted by Gasteiger charge is -2.19. The molecule has 1 fully saturated rings. The van der Waals surface area contributed by atoms with Gasteiger partial charge in [-0.25, -0.2) is 0 Å². The predicted molar refractivity (Wildman–Crippen MR) is 59.5 cm³/mol. The van der Waals surface area contributed by atoms with Crippen molar-refractivity contribution in [3.8, 4) is 0 Å². The summed E-state index contributed by atoms with van der Waals surface area (Å²) in [6.45, 7) is 2.07. The second kappa shape index (κ2) is 3.30. The smallest absolute Gasteiger partial charge is 0.103 e. The van der Waals surface area contributed by atoms with Crippen molar-refractivity contribution in [2.24, 2.45) is 0 Å². The number of thioether (sulfide) groups is 1. The van der Waals surface area contributed by atoms with E-state index in [-0.39, 0.29) is 10.9 Å². The number of thiophene rings is 1. The first-order valence-electron chi connectivity index (χ1n) is 4.47. The number of hydrogen-bond acceptors (Lipinski definition) is 3. The van der Waals surface area contributed by atoms with E-state index in [1.807, 2.05) is 11.8 Å². The van der Waals surface area contributed by atoms with Crippen molar-refractivity contribution in [3.63, 3.8) is 0 Å². The molecule has 1 aliphatic rings. The lowest BCUT2D eigenvalue weighted by atomic mass is 10.1. The normalized spacial score (nSPS) is 21.5. The zero-order valence-electron chi connectivity index (χ0n) is 7.91. The Labute approximate surface area is 87.2 Å². The van der Waals surface area contributed by atoms with Crippen LogP contribution in [0.3, 0.4) is 0 Å². The summed E-state index contributed by atoms with van der Waals surface area (Å²) in [7, 11) is 0. The lowest BCUT2D eigenvalue weighted by Crippen LogP contribution is -2.15. The molecule has 1 aromatic rings. The van der Waals surface area contributed by atoms with E-state index in [4.69, 9.17) is 0 Å². The van der Waals surface area contributed by atoms with Gasteiger partial charge in [0.05, 0.1) is 0 Å². The van der Waals surface area contributed by atoms with E-state index in [9.17, 15) is 5.11 Å². The Balaban J connectivity index is 2.22. The summed E-state index contributed by atoms with van der Waals surface area (Å²) in [5.74, 6) is 0. The van der Waals surface area contributed by atoms with Gasteiger partial charge in [0, 0.05) is 9.62 Å². The molecule has 2 rings (SSSR count). The Bertz CT molecular complexity index is 302. The van der Waals surface area contributed by atoms with Gasteiger partial charge in [0.1, 0.15) is 6.10 Å². The molecule has 1 atom stereocenters. The van der Waals surface area contributed by atoms with E-state index in [0.29, 0.717) is 0 Å². The van der Waals surface area contributed by atoms with Crippen LogP contribution in [0.5, 0.6) is 0 Å². The minimum atomic E-state index is -0.248. The number of aryl methyl sites for hydroxylation is 1. The largest absolute Gasteiger partial charge is 0.386 e. The summed E-state index contributed by atoms with van der Waals surface area (Å²) in [6, 6.07) is 2.08. The van der Waals surface area contributed by atoms with Gasteiger partial charge < -0.3 is 5.11 Å². The van der Waals surface area contributed by atoms with Crippen molar-refractivity contribution in [1.82, 2.24) is 0 Å². The first-order valence-corrected chi connectivity index (χ1v) is 6.57. The maximum Gasteiger partial charge on any atom is 0.103 e. The Kier molecular flexibility index (Phi) is 2.43. The maximum atomic E-state index is 10.2. The summed E-state index contributed by atoms with van der Waals surface area (Å²) >= 11 is 3.49. The molecule has 1 N–H and O–H groups in total. The van der Waals surface area contributed by atoms with E-state index >= 15 is 0 Å². The van der Waals surface area contributed by atoms with Crippen molar-refractivity contribution in [2.75, 3.05) is 6.26 Å². The molecule has 1 nitrogen and oxygen atoms in total. The Morgan fingerprint density at radius 3 is 2.69 bits per heavy atom. The van der Waals surface area contributed by atoms with Gasteiger partial charge in [-0.1, -0.05) is 0 Å². The fourth-order valence-corrected chi connectivity index (χ4v) is 3.57. The average Bonchev–Trinajstić information content (AvgIpc) is 2.83. The second-order valence-electron chi connectivity index (χ2n) is 3.64. The van der Waals surface area contributed by atoms with E-state index in [2.05, 4.69) is 24.6 Å². The summed E-state index contributed by atoms with van der Waals surface area (Å²) in [6.07, 6.45) is 4.17. The van der Waals surface area contributed by atoms with Gasteiger partial charge in [-0.05, 0) is 43.0 Å². The highest BCUT2D eigenvalue weighted by Gasteiger charge is 2.49. The SMILES string of the molecule is CSC1(C(O)c2sccc2C)CC1. The van der Waals surface area contributed by atoms with Gasteiger partial charge in [-0.3, -0.25) is 0 Å². The molecule has 1 heterocycles. The molecule has 0 aliphatic heterocycles. The van der Waals surface area contributed by atoms with Crippen LogP contribution in [0.1, 0.15) is 29.4 Å². The summed E-state index contributed by atoms with van der Waals surface area (Å²) in [5, 5.41) is 12.2. The molecule has 3 heteroatoms. The highest BCUT2D eigenvalue weighted by molar-refractivity contribution is 8.00. The van der Waals surface area contributed by atoms with Gasteiger partial charge in [-0.15, -0.1) is 11.3 Å². The predicted octanol–water partition coefficient (Wildman–Crippen LogP) is 2.99. The minimum absolute atomic E-state index is 0.148. The van der Waals surface area contributed by atoms with Crippen molar-refractivity contribution < 1.29 is 5.11 Å². The molecule has 0 amide bonds. The van der Waals surface area contributed by atoms with E-state index in [1.165, 1.54) is 5.56 Å². The molecule has 1 aliphatic carbocycles. The van der Waals surface area contributed by atoms with E-state index in [1.54, 1.807) is 11.3 Å². The summed E-state index contributed by atoms with van der Waals surface area (Å²) in [5.41, 5.74) is 1.23. The maximum absolute atomic E-state index is 10.2. The third-order valence-corrected chi connectivity index (χ3v) is 5.31. The van der Waals surface area contributed by atoms with Crippen LogP contribution in [0.25, 0.3) is 0 Å². The third kappa shape index (κ3) is 1.53.